The van der Waals surface area contributed by atoms with Gasteiger partial charge in [-0.1, -0.05) is 23.4 Å². The standard InChI is InChI=1S/C10H12N2O/c11-10(12-13)9-3-1-2-8(6-9)7-4-5-7/h1-3,6-7,13H,4-5H2,(H2,11,12). The number of benzene rings is 1. The second-order valence-electron chi connectivity index (χ2n) is 3.38. The van der Waals surface area contributed by atoms with Crippen molar-refractivity contribution in [3.05, 3.63) is 35.4 Å². The zero-order valence-corrected chi connectivity index (χ0v) is 7.27. The largest absolute Gasteiger partial charge is 0.409 e. The molecule has 13 heavy (non-hydrogen) atoms. The highest BCUT2D eigenvalue weighted by Crippen LogP contribution is 2.40. The molecule has 0 atom stereocenters. The Balaban J connectivity index is 2.31. The lowest BCUT2D eigenvalue weighted by Gasteiger charge is -2.01. The normalized spacial score (nSPS) is 17.4. The molecule has 1 aromatic rings. The summed E-state index contributed by atoms with van der Waals surface area (Å²) in [5.41, 5.74) is 7.58. The minimum absolute atomic E-state index is 0.183. The monoisotopic (exact) mass is 176 g/mol. The van der Waals surface area contributed by atoms with Crippen LogP contribution in [0, 0.1) is 0 Å². The molecule has 0 saturated heterocycles. The summed E-state index contributed by atoms with van der Waals surface area (Å²) in [6.45, 7) is 0. The van der Waals surface area contributed by atoms with Gasteiger partial charge in [0.25, 0.3) is 0 Å². The van der Waals surface area contributed by atoms with Gasteiger partial charge < -0.3 is 10.9 Å². The fraction of sp³-hybridized carbons (Fsp3) is 0.300. The van der Waals surface area contributed by atoms with Crippen molar-refractivity contribution in [2.45, 2.75) is 18.8 Å². The summed E-state index contributed by atoms with van der Waals surface area (Å²) in [6, 6.07) is 7.88. The van der Waals surface area contributed by atoms with Crippen molar-refractivity contribution in [1.29, 1.82) is 0 Å². The molecule has 0 aromatic heterocycles. The third kappa shape index (κ3) is 1.64. The van der Waals surface area contributed by atoms with Crippen LogP contribution in [0.5, 0.6) is 0 Å². The predicted octanol–water partition coefficient (Wildman–Crippen LogP) is 1.66. The van der Waals surface area contributed by atoms with Gasteiger partial charge >= 0.3 is 0 Å². The van der Waals surface area contributed by atoms with Crippen LogP contribution < -0.4 is 5.73 Å². The summed E-state index contributed by atoms with van der Waals surface area (Å²) < 4.78 is 0. The van der Waals surface area contributed by atoms with E-state index in [1.165, 1.54) is 18.4 Å². The highest BCUT2D eigenvalue weighted by molar-refractivity contribution is 5.97. The first-order valence-corrected chi connectivity index (χ1v) is 4.39. The molecule has 3 N–H and O–H groups in total. The van der Waals surface area contributed by atoms with Crippen LogP contribution in [0.1, 0.15) is 29.9 Å². The van der Waals surface area contributed by atoms with Crippen LogP contribution in [0.4, 0.5) is 0 Å². The topological polar surface area (TPSA) is 58.6 Å². The number of amidine groups is 1. The van der Waals surface area contributed by atoms with Gasteiger partial charge in [0, 0.05) is 5.56 Å². The number of hydrogen-bond acceptors (Lipinski definition) is 2. The van der Waals surface area contributed by atoms with Crippen LogP contribution in [0.15, 0.2) is 29.4 Å². The highest BCUT2D eigenvalue weighted by Gasteiger charge is 2.23. The van der Waals surface area contributed by atoms with Gasteiger partial charge in [-0.2, -0.15) is 0 Å². The van der Waals surface area contributed by atoms with E-state index in [0.29, 0.717) is 5.92 Å². The van der Waals surface area contributed by atoms with Gasteiger partial charge in [-0.05, 0) is 30.4 Å². The first-order chi connectivity index (χ1) is 6.31. The van der Waals surface area contributed by atoms with Crippen LogP contribution in [-0.2, 0) is 0 Å². The van der Waals surface area contributed by atoms with Gasteiger partial charge in [-0.15, -0.1) is 0 Å². The molecule has 1 aliphatic rings. The van der Waals surface area contributed by atoms with E-state index in [1.807, 2.05) is 18.2 Å². The first-order valence-electron chi connectivity index (χ1n) is 4.39. The van der Waals surface area contributed by atoms with Crippen molar-refractivity contribution in [2.75, 3.05) is 0 Å². The molecule has 1 aliphatic carbocycles. The lowest BCUT2D eigenvalue weighted by molar-refractivity contribution is 0.318. The highest BCUT2D eigenvalue weighted by atomic mass is 16.4. The zero-order chi connectivity index (χ0) is 9.26. The van der Waals surface area contributed by atoms with E-state index in [2.05, 4.69) is 11.2 Å². The van der Waals surface area contributed by atoms with Crippen molar-refractivity contribution in [1.82, 2.24) is 0 Å². The molecule has 0 radical (unpaired) electrons. The number of nitrogens with zero attached hydrogens (tertiary/aromatic N) is 1. The molecule has 1 aromatic carbocycles. The van der Waals surface area contributed by atoms with Crippen LogP contribution in [0.3, 0.4) is 0 Å². The van der Waals surface area contributed by atoms with E-state index in [4.69, 9.17) is 10.9 Å². The van der Waals surface area contributed by atoms with Crippen molar-refractivity contribution < 1.29 is 5.21 Å². The SMILES string of the molecule is NC(=NO)c1cccc(C2CC2)c1. The lowest BCUT2D eigenvalue weighted by Crippen LogP contribution is -2.12. The van der Waals surface area contributed by atoms with E-state index in [9.17, 15) is 0 Å². The molecule has 0 amide bonds. The molecule has 1 saturated carbocycles. The molecule has 1 fully saturated rings. The van der Waals surface area contributed by atoms with Crippen molar-refractivity contribution >= 4 is 5.84 Å². The smallest absolute Gasteiger partial charge is 0.170 e. The second-order valence-corrected chi connectivity index (χ2v) is 3.38. The fourth-order valence-corrected chi connectivity index (χ4v) is 1.43. The molecular weight excluding hydrogens is 164 g/mol. The van der Waals surface area contributed by atoms with E-state index in [-0.39, 0.29) is 5.84 Å². The van der Waals surface area contributed by atoms with Crippen LogP contribution in [0.25, 0.3) is 0 Å². The molecule has 0 aliphatic heterocycles. The minimum atomic E-state index is 0.183. The molecule has 3 heteroatoms. The first kappa shape index (κ1) is 8.10. The maximum absolute atomic E-state index is 8.50. The van der Waals surface area contributed by atoms with E-state index in [0.717, 1.165) is 5.56 Å². The van der Waals surface area contributed by atoms with Crippen LogP contribution in [-0.4, -0.2) is 11.0 Å². The molecule has 0 bridgehead atoms. The van der Waals surface area contributed by atoms with E-state index in [1.54, 1.807) is 0 Å². The van der Waals surface area contributed by atoms with Crippen molar-refractivity contribution in [3.63, 3.8) is 0 Å². The summed E-state index contributed by atoms with van der Waals surface area (Å²) in [7, 11) is 0. The molecule has 2 rings (SSSR count). The van der Waals surface area contributed by atoms with Crippen LogP contribution >= 0.6 is 0 Å². The zero-order valence-electron chi connectivity index (χ0n) is 7.27. The Morgan fingerprint density at radius 2 is 2.23 bits per heavy atom. The van der Waals surface area contributed by atoms with Crippen molar-refractivity contribution in [2.24, 2.45) is 10.9 Å². The minimum Gasteiger partial charge on any atom is -0.409 e. The van der Waals surface area contributed by atoms with Gasteiger partial charge in [0.1, 0.15) is 0 Å². The van der Waals surface area contributed by atoms with Crippen LogP contribution in [0.2, 0.25) is 0 Å². The third-order valence-electron chi connectivity index (χ3n) is 2.34. The summed E-state index contributed by atoms with van der Waals surface area (Å²) in [5.74, 6) is 0.883. The Morgan fingerprint density at radius 1 is 1.46 bits per heavy atom. The molecule has 0 spiro atoms. The average molecular weight is 176 g/mol. The third-order valence-corrected chi connectivity index (χ3v) is 2.34. The molecule has 68 valence electrons. The number of hydrogen-bond donors (Lipinski definition) is 2. The Bertz CT molecular complexity index is 343. The summed E-state index contributed by atoms with van der Waals surface area (Å²) in [6.07, 6.45) is 2.53. The molecule has 0 unspecified atom stereocenters. The Morgan fingerprint density at radius 3 is 2.85 bits per heavy atom. The molecule has 0 heterocycles. The number of rotatable bonds is 2. The Kier molecular flexibility index (Phi) is 1.93. The summed E-state index contributed by atoms with van der Waals surface area (Å²) in [5, 5.41) is 11.5. The molecular formula is C10H12N2O. The number of nitrogens with two attached hydrogens (primary N) is 1. The second kappa shape index (κ2) is 3.09. The fourth-order valence-electron chi connectivity index (χ4n) is 1.43. The van der Waals surface area contributed by atoms with Gasteiger partial charge in [0.05, 0.1) is 0 Å². The van der Waals surface area contributed by atoms with Gasteiger partial charge in [-0.25, -0.2) is 0 Å². The summed E-state index contributed by atoms with van der Waals surface area (Å²) in [4.78, 5) is 0. The quantitative estimate of drug-likeness (QED) is 0.311. The maximum Gasteiger partial charge on any atom is 0.170 e. The predicted molar refractivity (Wildman–Crippen MR) is 50.9 cm³/mol. The Labute approximate surface area is 76.9 Å². The number of oxime groups is 1. The van der Waals surface area contributed by atoms with Gasteiger partial charge in [-0.3, -0.25) is 0 Å². The van der Waals surface area contributed by atoms with E-state index >= 15 is 0 Å². The lowest BCUT2D eigenvalue weighted by atomic mass is 10.1. The maximum atomic E-state index is 8.50. The Hall–Kier alpha value is -1.51. The van der Waals surface area contributed by atoms with Gasteiger partial charge in [0.15, 0.2) is 5.84 Å². The molecule has 3 nitrogen and oxygen atoms in total. The van der Waals surface area contributed by atoms with E-state index < -0.39 is 0 Å². The van der Waals surface area contributed by atoms with Crippen molar-refractivity contribution in [3.8, 4) is 0 Å². The summed E-state index contributed by atoms with van der Waals surface area (Å²) >= 11 is 0. The van der Waals surface area contributed by atoms with Gasteiger partial charge in [0.2, 0.25) is 0 Å². The average Bonchev–Trinajstić information content (AvgIpc) is 3.00.